The van der Waals surface area contributed by atoms with Crippen molar-refractivity contribution in [1.82, 2.24) is 9.80 Å². The van der Waals surface area contributed by atoms with Gasteiger partial charge in [0.25, 0.3) is 0 Å². The van der Waals surface area contributed by atoms with Crippen LogP contribution in [0.15, 0.2) is 49.1 Å². The van der Waals surface area contributed by atoms with Gasteiger partial charge in [-0.05, 0) is 56.6 Å². The monoisotopic (exact) mass is 431 g/mol. The molecule has 1 N–H and O–H groups in total. The highest BCUT2D eigenvalue weighted by Gasteiger charge is 2.57. The molecule has 158 valence electrons. The molecule has 1 unspecified atom stereocenters. The second-order valence-electron chi connectivity index (χ2n) is 8.37. The van der Waals surface area contributed by atoms with Gasteiger partial charge in [-0.15, -0.1) is 6.58 Å². The molecule has 0 aliphatic carbocycles. The predicted molar refractivity (Wildman–Crippen MR) is 117 cm³/mol. The molecule has 1 atom stereocenters. The molecule has 2 aliphatic rings. The minimum atomic E-state index is -0.817. The SMILES string of the molecule is C=CCCC[N+]1(C(=O)c2c(F)cccc2F)CC2(CCNCC2)c2cc(Cl)ccc21. The van der Waals surface area contributed by atoms with Crippen LogP contribution < -0.4 is 9.80 Å². The fourth-order valence-corrected chi connectivity index (χ4v) is 5.40. The number of nitrogens with one attached hydrogen (secondary N) is 1. The molecular weight excluding hydrogens is 406 g/mol. The van der Waals surface area contributed by atoms with Gasteiger partial charge < -0.3 is 5.32 Å². The summed E-state index contributed by atoms with van der Waals surface area (Å²) in [6.45, 7) is 6.40. The molecule has 2 aliphatic heterocycles. The predicted octanol–water partition coefficient (Wildman–Crippen LogP) is 5.37. The lowest BCUT2D eigenvalue weighted by atomic mass is 9.75. The van der Waals surface area contributed by atoms with Gasteiger partial charge in [0.15, 0.2) is 5.56 Å². The number of benzene rings is 2. The van der Waals surface area contributed by atoms with Crippen molar-refractivity contribution in [2.45, 2.75) is 31.1 Å². The van der Waals surface area contributed by atoms with E-state index in [4.69, 9.17) is 11.6 Å². The van der Waals surface area contributed by atoms with Crippen molar-refractivity contribution in [3.63, 3.8) is 0 Å². The van der Waals surface area contributed by atoms with Gasteiger partial charge in [0.2, 0.25) is 0 Å². The minimum Gasteiger partial charge on any atom is -0.317 e. The van der Waals surface area contributed by atoms with Crippen LogP contribution >= 0.6 is 11.6 Å². The van der Waals surface area contributed by atoms with Crippen molar-refractivity contribution in [3.05, 3.63) is 76.8 Å². The first kappa shape index (κ1) is 21.2. The number of piperidine rings is 1. The van der Waals surface area contributed by atoms with E-state index in [1.54, 1.807) is 6.07 Å². The molecule has 2 heterocycles. The van der Waals surface area contributed by atoms with Crippen LogP contribution in [-0.2, 0) is 5.41 Å². The lowest BCUT2D eigenvalue weighted by molar-refractivity contribution is 0.0728. The van der Waals surface area contributed by atoms with Gasteiger partial charge in [0.05, 0.1) is 12.0 Å². The van der Waals surface area contributed by atoms with E-state index in [1.807, 2.05) is 18.2 Å². The number of amides is 1. The van der Waals surface area contributed by atoms with Crippen LogP contribution in [0.4, 0.5) is 14.5 Å². The molecule has 6 heteroatoms. The van der Waals surface area contributed by atoms with Gasteiger partial charge in [-0.3, -0.25) is 0 Å². The second kappa shape index (κ2) is 8.22. The van der Waals surface area contributed by atoms with E-state index in [1.165, 1.54) is 6.07 Å². The van der Waals surface area contributed by atoms with Gasteiger partial charge in [-0.2, -0.15) is 0 Å². The molecule has 1 spiro atoms. The van der Waals surface area contributed by atoms with Crippen LogP contribution in [0.2, 0.25) is 5.02 Å². The van der Waals surface area contributed by atoms with Crippen molar-refractivity contribution in [2.75, 3.05) is 26.2 Å². The maximum atomic E-state index is 14.7. The number of fused-ring (bicyclic) bond motifs is 2. The topological polar surface area (TPSA) is 29.1 Å². The summed E-state index contributed by atoms with van der Waals surface area (Å²) in [4.78, 5) is 13.9. The normalized spacial score (nSPS) is 22.1. The number of hydrogen-bond acceptors (Lipinski definition) is 2. The Morgan fingerprint density at radius 1 is 1.20 bits per heavy atom. The number of carbonyl (C=O) groups is 1. The molecular formula is C24H26ClF2N2O+. The Morgan fingerprint density at radius 3 is 2.57 bits per heavy atom. The zero-order valence-corrected chi connectivity index (χ0v) is 17.7. The van der Waals surface area contributed by atoms with Crippen molar-refractivity contribution < 1.29 is 13.6 Å². The van der Waals surface area contributed by atoms with Crippen molar-refractivity contribution in [1.29, 1.82) is 0 Å². The first-order valence-electron chi connectivity index (χ1n) is 10.4. The van der Waals surface area contributed by atoms with Crippen molar-refractivity contribution in [3.8, 4) is 0 Å². The van der Waals surface area contributed by atoms with Gasteiger partial charge in [0, 0.05) is 23.1 Å². The second-order valence-corrected chi connectivity index (χ2v) is 8.81. The summed E-state index contributed by atoms with van der Waals surface area (Å²) in [6, 6.07) is 9.17. The number of nitrogens with zero attached hydrogens (tertiary/aromatic N) is 1. The Morgan fingerprint density at radius 2 is 1.90 bits per heavy atom. The number of allylic oxidation sites excluding steroid dienone is 1. The van der Waals surface area contributed by atoms with E-state index in [9.17, 15) is 13.6 Å². The molecule has 4 rings (SSSR count). The molecule has 1 amide bonds. The highest BCUT2D eigenvalue weighted by molar-refractivity contribution is 6.30. The minimum absolute atomic E-state index is 0.0851. The van der Waals surface area contributed by atoms with E-state index < -0.39 is 23.1 Å². The van der Waals surface area contributed by atoms with Crippen LogP contribution in [0.25, 0.3) is 0 Å². The maximum absolute atomic E-state index is 14.7. The van der Waals surface area contributed by atoms with Gasteiger partial charge in [-0.25, -0.2) is 18.1 Å². The van der Waals surface area contributed by atoms with E-state index >= 15 is 0 Å². The van der Waals surface area contributed by atoms with Gasteiger partial charge >= 0.3 is 5.91 Å². The Kier molecular flexibility index (Phi) is 5.80. The fraction of sp³-hybridized carbons (Fsp3) is 0.375. The quantitative estimate of drug-likeness (QED) is 0.392. The van der Waals surface area contributed by atoms with E-state index in [0.717, 1.165) is 55.7 Å². The Balaban J connectivity index is 1.91. The van der Waals surface area contributed by atoms with Crippen molar-refractivity contribution in [2.24, 2.45) is 0 Å². The standard InChI is InChI=1S/C24H26ClF2N2O/c1-2-3-4-14-29(23(30)22-19(26)6-5-7-20(22)27)16-24(10-12-28-13-11-24)18-15-17(25)8-9-21(18)29/h2,5-9,15,28H,1,3-4,10-14,16H2/q+1. The highest BCUT2D eigenvalue weighted by Crippen LogP contribution is 2.51. The number of quaternary nitrogens is 1. The molecule has 2 aromatic rings. The summed E-state index contributed by atoms with van der Waals surface area (Å²) in [5, 5.41) is 4.00. The number of carbonyl (C=O) groups excluding carboxylic acids is 1. The van der Waals surface area contributed by atoms with Gasteiger partial charge in [-0.1, -0.05) is 23.7 Å². The summed E-state index contributed by atoms with van der Waals surface area (Å²) in [6.07, 6.45) is 4.94. The lowest BCUT2D eigenvalue weighted by Crippen LogP contribution is -2.58. The Labute approximate surface area is 180 Å². The Hall–Kier alpha value is -2.08. The summed E-state index contributed by atoms with van der Waals surface area (Å²) in [5.41, 5.74) is 1.16. The van der Waals surface area contributed by atoms with Crippen molar-refractivity contribution >= 4 is 23.2 Å². The molecule has 0 bridgehead atoms. The Bertz CT molecular complexity index is 967. The summed E-state index contributed by atoms with van der Waals surface area (Å²) in [7, 11) is 0. The van der Waals surface area contributed by atoms with Crippen LogP contribution in [0.1, 0.15) is 41.6 Å². The molecule has 1 fully saturated rings. The summed E-state index contributed by atoms with van der Waals surface area (Å²) >= 11 is 6.35. The third-order valence-electron chi connectivity index (χ3n) is 6.64. The van der Waals surface area contributed by atoms with E-state index in [0.29, 0.717) is 24.5 Å². The number of hydrogen-bond donors (Lipinski definition) is 1. The zero-order valence-electron chi connectivity index (χ0n) is 16.9. The average Bonchev–Trinajstić information content (AvgIpc) is 2.98. The molecule has 0 saturated carbocycles. The molecule has 0 aromatic heterocycles. The molecule has 2 aromatic carbocycles. The van der Waals surface area contributed by atoms with Crippen LogP contribution in [0, 0.1) is 11.6 Å². The summed E-state index contributed by atoms with van der Waals surface area (Å²) in [5.74, 6) is -2.15. The smallest absolute Gasteiger partial charge is 0.317 e. The summed E-state index contributed by atoms with van der Waals surface area (Å²) < 4.78 is 29.3. The first-order valence-corrected chi connectivity index (χ1v) is 10.8. The largest absolute Gasteiger partial charge is 0.356 e. The molecule has 1 saturated heterocycles. The highest BCUT2D eigenvalue weighted by atomic mass is 35.5. The number of halogens is 3. The lowest BCUT2D eigenvalue weighted by Gasteiger charge is -2.37. The first-order chi connectivity index (χ1) is 14.4. The average molecular weight is 432 g/mol. The van der Waals surface area contributed by atoms with Crippen LogP contribution in [0.3, 0.4) is 0 Å². The molecule has 0 radical (unpaired) electrons. The van der Waals surface area contributed by atoms with E-state index in [-0.39, 0.29) is 9.90 Å². The maximum Gasteiger partial charge on any atom is 0.356 e. The van der Waals surface area contributed by atoms with Crippen LogP contribution in [-0.4, -0.2) is 32.1 Å². The number of rotatable bonds is 5. The third-order valence-corrected chi connectivity index (χ3v) is 6.87. The van der Waals surface area contributed by atoms with E-state index in [2.05, 4.69) is 11.9 Å². The van der Waals surface area contributed by atoms with Gasteiger partial charge in [0.1, 0.15) is 23.9 Å². The number of unbranched alkanes of at least 4 members (excludes halogenated alkanes) is 1. The van der Waals surface area contributed by atoms with Crippen LogP contribution in [0.5, 0.6) is 0 Å². The fourth-order valence-electron chi connectivity index (χ4n) is 5.23. The molecule has 30 heavy (non-hydrogen) atoms. The zero-order chi connectivity index (χ0) is 21.4. The molecule has 3 nitrogen and oxygen atoms in total. The third kappa shape index (κ3) is 3.39.